The summed E-state index contributed by atoms with van der Waals surface area (Å²) in [5.74, 6) is -2.66. The number of hydrogen-bond acceptors (Lipinski definition) is 1. The molecule has 0 saturated heterocycles. The van der Waals surface area contributed by atoms with Gasteiger partial charge in [-0.15, -0.1) is 0 Å². The van der Waals surface area contributed by atoms with E-state index < -0.39 is 23.5 Å². The highest BCUT2D eigenvalue weighted by Gasteiger charge is 2.38. The van der Waals surface area contributed by atoms with Crippen LogP contribution in [0.25, 0.3) is 0 Å². The first-order chi connectivity index (χ1) is 8.83. The predicted molar refractivity (Wildman–Crippen MR) is 69.0 cm³/mol. The third kappa shape index (κ3) is 2.78. The Morgan fingerprint density at radius 1 is 1.16 bits per heavy atom. The van der Waals surface area contributed by atoms with Crippen molar-refractivity contribution in [2.75, 3.05) is 0 Å². The number of hydrogen-bond donors (Lipinski definition) is 1. The minimum atomic E-state index is -0.908. The Morgan fingerprint density at radius 2 is 1.74 bits per heavy atom. The van der Waals surface area contributed by atoms with E-state index in [0.29, 0.717) is 12.1 Å². The van der Waals surface area contributed by atoms with E-state index in [9.17, 15) is 13.2 Å². The van der Waals surface area contributed by atoms with Crippen LogP contribution in [0.4, 0.5) is 13.2 Å². The van der Waals surface area contributed by atoms with Gasteiger partial charge in [-0.05, 0) is 24.2 Å². The molecule has 0 radical (unpaired) electrons. The summed E-state index contributed by atoms with van der Waals surface area (Å²) in [6, 6.07) is 0.679. The summed E-state index contributed by atoms with van der Waals surface area (Å²) in [7, 11) is 0. The maximum atomic E-state index is 13.8. The molecule has 0 spiro atoms. The van der Waals surface area contributed by atoms with Gasteiger partial charge in [-0.3, -0.25) is 0 Å². The average Bonchev–Trinajstić information content (AvgIpc) is 2.26. The zero-order chi connectivity index (χ0) is 14.2. The van der Waals surface area contributed by atoms with Gasteiger partial charge in [0.25, 0.3) is 0 Å². The van der Waals surface area contributed by atoms with Crippen molar-refractivity contribution >= 4 is 0 Å². The topological polar surface area (TPSA) is 26.0 Å². The molecule has 1 aliphatic carbocycles. The third-order valence-electron chi connectivity index (χ3n) is 4.40. The van der Waals surface area contributed by atoms with Gasteiger partial charge in [0.05, 0.1) is 0 Å². The normalized spacial score (nSPS) is 24.2. The summed E-state index contributed by atoms with van der Waals surface area (Å²) < 4.78 is 40.6. The van der Waals surface area contributed by atoms with Crippen LogP contribution in [0.2, 0.25) is 0 Å². The molecule has 0 amide bonds. The number of nitrogens with two attached hydrogens (primary N) is 1. The lowest BCUT2D eigenvalue weighted by Gasteiger charge is -2.42. The van der Waals surface area contributed by atoms with E-state index in [1.54, 1.807) is 0 Å². The zero-order valence-electron chi connectivity index (χ0n) is 11.3. The van der Waals surface area contributed by atoms with Gasteiger partial charge in [0.1, 0.15) is 17.5 Å². The predicted octanol–water partition coefficient (Wildman–Crippen LogP) is 4.32. The molecule has 19 heavy (non-hydrogen) atoms. The van der Waals surface area contributed by atoms with E-state index in [0.717, 1.165) is 25.7 Å². The van der Waals surface area contributed by atoms with Gasteiger partial charge in [-0.25, -0.2) is 13.2 Å². The smallest absolute Gasteiger partial charge is 0.133 e. The van der Waals surface area contributed by atoms with Crippen LogP contribution in [-0.4, -0.2) is 0 Å². The van der Waals surface area contributed by atoms with Crippen LogP contribution in [0.5, 0.6) is 0 Å². The number of benzene rings is 1. The molecule has 2 rings (SSSR count). The van der Waals surface area contributed by atoms with Gasteiger partial charge in [-0.2, -0.15) is 0 Å². The van der Waals surface area contributed by atoms with Gasteiger partial charge < -0.3 is 5.73 Å². The molecule has 1 saturated carbocycles. The third-order valence-corrected chi connectivity index (χ3v) is 4.40. The van der Waals surface area contributed by atoms with Gasteiger partial charge in [0.15, 0.2) is 0 Å². The van der Waals surface area contributed by atoms with Crippen molar-refractivity contribution in [1.29, 1.82) is 0 Å². The molecular weight excluding hydrogens is 251 g/mol. The largest absolute Gasteiger partial charge is 0.324 e. The van der Waals surface area contributed by atoms with Crippen LogP contribution in [0.15, 0.2) is 12.1 Å². The van der Waals surface area contributed by atoms with Crippen molar-refractivity contribution in [2.24, 2.45) is 17.1 Å². The Balaban J connectivity index is 2.36. The number of halogens is 3. The molecular formula is C15H20F3N. The van der Waals surface area contributed by atoms with Crippen LogP contribution in [0, 0.1) is 28.8 Å². The van der Waals surface area contributed by atoms with Crippen molar-refractivity contribution in [3.63, 3.8) is 0 Å². The molecule has 0 aromatic heterocycles. The molecule has 4 heteroatoms. The first kappa shape index (κ1) is 14.4. The minimum Gasteiger partial charge on any atom is -0.324 e. The van der Waals surface area contributed by atoms with Crippen LogP contribution < -0.4 is 5.73 Å². The van der Waals surface area contributed by atoms with Crippen molar-refractivity contribution < 1.29 is 13.2 Å². The zero-order valence-corrected chi connectivity index (χ0v) is 11.3. The van der Waals surface area contributed by atoms with E-state index in [4.69, 9.17) is 5.73 Å². The fourth-order valence-electron chi connectivity index (χ4n) is 3.26. The van der Waals surface area contributed by atoms with Crippen LogP contribution in [0.3, 0.4) is 0 Å². The molecule has 106 valence electrons. The quantitative estimate of drug-likeness (QED) is 0.851. The van der Waals surface area contributed by atoms with Gasteiger partial charge in [-0.1, -0.05) is 26.7 Å². The molecule has 1 aromatic rings. The van der Waals surface area contributed by atoms with Crippen molar-refractivity contribution in [3.8, 4) is 0 Å². The van der Waals surface area contributed by atoms with Crippen molar-refractivity contribution in [1.82, 2.24) is 0 Å². The Bertz CT molecular complexity index is 447. The van der Waals surface area contributed by atoms with E-state index in [2.05, 4.69) is 13.8 Å². The highest BCUT2D eigenvalue weighted by atomic mass is 19.1. The Morgan fingerprint density at radius 3 is 2.26 bits per heavy atom. The summed E-state index contributed by atoms with van der Waals surface area (Å²) >= 11 is 0. The standard InChI is InChI=1S/C15H20F3N/c1-15(2)6-4-3-5-10(15)14(19)13-11(17)7-9(16)8-12(13)18/h7-8,10,14H,3-6,19H2,1-2H3. The van der Waals surface area contributed by atoms with Crippen molar-refractivity contribution in [2.45, 2.75) is 45.6 Å². The highest BCUT2D eigenvalue weighted by molar-refractivity contribution is 5.25. The second-order valence-electron chi connectivity index (χ2n) is 6.15. The Hall–Kier alpha value is -1.03. The summed E-state index contributed by atoms with van der Waals surface area (Å²) in [5.41, 5.74) is 5.86. The summed E-state index contributed by atoms with van der Waals surface area (Å²) in [4.78, 5) is 0. The monoisotopic (exact) mass is 271 g/mol. The summed E-state index contributed by atoms with van der Waals surface area (Å²) in [5, 5.41) is 0. The fourth-order valence-corrected chi connectivity index (χ4v) is 3.26. The average molecular weight is 271 g/mol. The molecule has 2 N–H and O–H groups in total. The van der Waals surface area contributed by atoms with Crippen LogP contribution in [-0.2, 0) is 0 Å². The second kappa shape index (κ2) is 5.16. The SMILES string of the molecule is CC1(C)CCCCC1C(N)c1c(F)cc(F)cc1F. The van der Waals surface area contributed by atoms with E-state index >= 15 is 0 Å². The molecule has 0 bridgehead atoms. The van der Waals surface area contributed by atoms with Gasteiger partial charge >= 0.3 is 0 Å². The highest BCUT2D eigenvalue weighted by Crippen LogP contribution is 2.46. The lowest BCUT2D eigenvalue weighted by molar-refractivity contribution is 0.110. The lowest BCUT2D eigenvalue weighted by atomic mass is 9.65. The van der Waals surface area contributed by atoms with Gasteiger partial charge in [0.2, 0.25) is 0 Å². The number of rotatable bonds is 2. The van der Waals surface area contributed by atoms with E-state index in [-0.39, 0.29) is 16.9 Å². The molecule has 0 heterocycles. The molecule has 1 aliphatic rings. The summed E-state index contributed by atoms with van der Waals surface area (Å²) in [6.45, 7) is 4.16. The maximum Gasteiger partial charge on any atom is 0.133 e. The van der Waals surface area contributed by atoms with E-state index in [1.165, 1.54) is 0 Å². The Labute approximate surface area is 112 Å². The fraction of sp³-hybridized carbons (Fsp3) is 0.600. The first-order valence-corrected chi connectivity index (χ1v) is 6.73. The molecule has 2 atom stereocenters. The molecule has 2 unspecified atom stereocenters. The van der Waals surface area contributed by atoms with E-state index in [1.807, 2.05) is 0 Å². The second-order valence-corrected chi connectivity index (χ2v) is 6.15. The molecule has 1 fully saturated rings. The van der Waals surface area contributed by atoms with Crippen LogP contribution in [0.1, 0.15) is 51.1 Å². The van der Waals surface area contributed by atoms with Crippen molar-refractivity contribution in [3.05, 3.63) is 35.1 Å². The molecule has 1 aromatic carbocycles. The lowest BCUT2D eigenvalue weighted by Crippen LogP contribution is -2.37. The molecule has 1 nitrogen and oxygen atoms in total. The minimum absolute atomic E-state index is 0.00992. The molecule has 0 aliphatic heterocycles. The first-order valence-electron chi connectivity index (χ1n) is 6.73. The maximum absolute atomic E-state index is 13.8. The van der Waals surface area contributed by atoms with Crippen LogP contribution >= 0.6 is 0 Å². The van der Waals surface area contributed by atoms with Gasteiger partial charge in [0, 0.05) is 23.7 Å². The summed E-state index contributed by atoms with van der Waals surface area (Å²) in [6.07, 6.45) is 3.98. The Kier molecular flexibility index (Phi) is 3.90.